The Morgan fingerprint density at radius 1 is 0.921 bits per heavy atom. The summed E-state index contributed by atoms with van der Waals surface area (Å²) in [5, 5.41) is 7.57. The Kier molecular flexibility index (Phi) is 8.80. The van der Waals surface area contributed by atoms with Crippen molar-refractivity contribution < 1.29 is 19.1 Å². The zero-order valence-corrected chi connectivity index (χ0v) is 22.7. The van der Waals surface area contributed by atoms with Gasteiger partial charge in [0, 0.05) is 17.3 Å². The van der Waals surface area contributed by atoms with Crippen LogP contribution in [0.25, 0.3) is 10.8 Å². The smallest absolute Gasteiger partial charge is 0.408 e. The lowest BCUT2D eigenvalue weighted by atomic mass is 9.96. The van der Waals surface area contributed by atoms with E-state index in [1.165, 1.54) is 4.90 Å². The average Bonchev–Trinajstić information content (AvgIpc) is 2.85. The van der Waals surface area contributed by atoms with Gasteiger partial charge in [-0.2, -0.15) is 0 Å². The lowest BCUT2D eigenvalue weighted by Crippen LogP contribution is -2.53. The van der Waals surface area contributed by atoms with Crippen LogP contribution in [0.1, 0.15) is 58.7 Å². The topological polar surface area (TPSA) is 87.7 Å². The van der Waals surface area contributed by atoms with Gasteiger partial charge in [0.15, 0.2) is 0 Å². The first kappa shape index (κ1) is 28.3. The van der Waals surface area contributed by atoms with Crippen molar-refractivity contribution in [3.63, 3.8) is 0 Å². The second-order valence-corrected chi connectivity index (χ2v) is 10.4. The van der Waals surface area contributed by atoms with E-state index in [-0.39, 0.29) is 0 Å². The van der Waals surface area contributed by atoms with E-state index in [2.05, 4.69) is 16.6 Å². The number of nitrogens with zero attached hydrogens (tertiary/aromatic N) is 1. The molecule has 3 rings (SSSR count). The molecule has 0 bridgehead atoms. The van der Waals surface area contributed by atoms with Crippen LogP contribution in [0.3, 0.4) is 0 Å². The highest BCUT2D eigenvalue weighted by atomic mass is 16.6. The van der Waals surface area contributed by atoms with Gasteiger partial charge >= 0.3 is 6.09 Å². The molecule has 2 unspecified atom stereocenters. The maximum atomic E-state index is 13.9. The number of amides is 3. The number of alkyl carbamates (subject to hydrolysis) is 1. The zero-order chi connectivity index (χ0) is 28.0. The quantitative estimate of drug-likeness (QED) is 0.400. The first-order valence-corrected chi connectivity index (χ1v) is 12.6. The molecule has 0 heterocycles. The van der Waals surface area contributed by atoms with Crippen LogP contribution in [0.15, 0.2) is 66.7 Å². The molecule has 0 saturated heterocycles. The molecule has 0 aliphatic rings. The Bertz CT molecular complexity index is 1370. The monoisotopic (exact) mass is 513 g/mol. The summed E-state index contributed by atoms with van der Waals surface area (Å²) in [4.78, 5) is 41.5. The lowest BCUT2D eigenvalue weighted by molar-refractivity contribution is -0.142. The van der Waals surface area contributed by atoms with Crippen LogP contribution in [0.2, 0.25) is 0 Å². The summed E-state index contributed by atoms with van der Waals surface area (Å²) in [6.45, 7) is 10.4. The maximum Gasteiger partial charge on any atom is 0.408 e. The molecule has 2 N–H and O–H groups in total. The van der Waals surface area contributed by atoms with Crippen molar-refractivity contribution in [2.75, 3.05) is 5.32 Å². The first-order valence-electron chi connectivity index (χ1n) is 12.6. The molecule has 0 aromatic heterocycles. The van der Waals surface area contributed by atoms with Gasteiger partial charge in [0.25, 0.3) is 5.91 Å². The summed E-state index contributed by atoms with van der Waals surface area (Å²) in [5.74, 6) is 1.76. The van der Waals surface area contributed by atoms with E-state index in [0.717, 1.165) is 10.8 Å². The van der Waals surface area contributed by atoms with Gasteiger partial charge in [-0.3, -0.25) is 9.59 Å². The van der Waals surface area contributed by atoms with Crippen LogP contribution >= 0.6 is 0 Å². The SMILES string of the molecule is C#Cc1ccccc1C(C(=O)Nc1ccc2ccccc2c1)N(C(=O)C(C)NC(=O)OC(C)(C)C)C(C)C. The second-order valence-electron chi connectivity index (χ2n) is 10.4. The molecule has 0 aliphatic carbocycles. The van der Waals surface area contributed by atoms with E-state index in [1.54, 1.807) is 52.0 Å². The number of rotatable bonds is 7. The lowest BCUT2D eigenvalue weighted by Gasteiger charge is -2.37. The fourth-order valence-electron chi connectivity index (χ4n) is 4.21. The van der Waals surface area contributed by atoms with Crippen molar-refractivity contribution in [3.8, 4) is 12.3 Å². The normalized spacial score (nSPS) is 12.8. The number of carbonyl (C=O) groups excluding carboxylic acids is 3. The van der Waals surface area contributed by atoms with Crippen molar-refractivity contribution in [2.45, 2.75) is 65.3 Å². The van der Waals surface area contributed by atoms with Gasteiger partial charge in [0.1, 0.15) is 17.7 Å². The van der Waals surface area contributed by atoms with Gasteiger partial charge in [0.2, 0.25) is 5.91 Å². The molecule has 3 aromatic rings. The van der Waals surface area contributed by atoms with Gasteiger partial charge in [0.05, 0.1) is 0 Å². The molecule has 7 heteroatoms. The molecule has 0 radical (unpaired) electrons. The fourth-order valence-corrected chi connectivity index (χ4v) is 4.21. The van der Waals surface area contributed by atoms with Gasteiger partial charge in [-0.15, -0.1) is 6.42 Å². The van der Waals surface area contributed by atoms with Crippen molar-refractivity contribution in [1.29, 1.82) is 0 Å². The van der Waals surface area contributed by atoms with E-state index < -0.39 is 41.6 Å². The number of anilines is 1. The largest absolute Gasteiger partial charge is 0.444 e. The van der Waals surface area contributed by atoms with Crippen molar-refractivity contribution in [2.24, 2.45) is 0 Å². The molecule has 2 atom stereocenters. The highest BCUT2D eigenvalue weighted by Crippen LogP contribution is 2.29. The molecule has 38 heavy (non-hydrogen) atoms. The molecule has 3 aromatic carbocycles. The molecule has 0 fully saturated rings. The second kappa shape index (κ2) is 11.8. The molecule has 7 nitrogen and oxygen atoms in total. The number of hydrogen-bond acceptors (Lipinski definition) is 4. The Balaban J connectivity index is 1.99. The number of nitrogens with one attached hydrogen (secondary N) is 2. The van der Waals surface area contributed by atoms with E-state index in [1.807, 2.05) is 56.3 Å². The van der Waals surface area contributed by atoms with Gasteiger partial charge in [-0.25, -0.2) is 4.79 Å². The van der Waals surface area contributed by atoms with Crippen LogP contribution in [-0.4, -0.2) is 40.5 Å². The van der Waals surface area contributed by atoms with Crippen molar-refractivity contribution in [1.82, 2.24) is 10.2 Å². The highest BCUT2D eigenvalue weighted by Gasteiger charge is 2.37. The summed E-state index contributed by atoms with van der Waals surface area (Å²) < 4.78 is 5.32. The number of benzene rings is 3. The number of fused-ring (bicyclic) bond motifs is 1. The predicted molar refractivity (Wildman–Crippen MR) is 151 cm³/mol. The van der Waals surface area contributed by atoms with E-state index in [4.69, 9.17) is 11.2 Å². The van der Waals surface area contributed by atoms with Crippen molar-refractivity contribution in [3.05, 3.63) is 77.9 Å². The fraction of sp³-hybridized carbons (Fsp3) is 0.323. The average molecular weight is 514 g/mol. The summed E-state index contributed by atoms with van der Waals surface area (Å²) in [6, 6.07) is 18.1. The molecule has 0 saturated carbocycles. The Morgan fingerprint density at radius 2 is 1.55 bits per heavy atom. The highest BCUT2D eigenvalue weighted by molar-refractivity contribution is 6.00. The zero-order valence-electron chi connectivity index (χ0n) is 22.7. The summed E-state index contributed by atoms with van der Waals surface area (Å²) in [5.41, 5.74) is 0.878. The maximum absolute atomic E-state index is 13.9. The molecule has 198 valence electrons. The third-order valence-corrected chi connectivity index (χ3v) is 5.87. The third-order valence-electron chi connectivity index (χ3n) is 5.87. The number of terminal acetylenes is 1. The minimum atomic E-state index is -1.05. The molecule has 3 amide bonds. The van der Waals surface area contributed by atoms with Crippen LogP contribution in [-0.2, 0) is 14.3 Å². The molecular formula is C31H35N3O4. The van der Waals surface area contributed by atoms with Gasteiger partial charge < -0.3 is 20.3 Å². The standard InChI is InChI=1S/C31H35N3O4/c1-8-22-13-11-12-16-26(22)27(28(35)33-25-18-17-23-14-9-10-15-24(23)19-25)34(20(2)3)29(36)21(4)32-30(37)38-31(5,6)7/h1,9-21,27H,2-7H3,(H,32,37)(H,33,35). The van der Waals surface area contributed by atoms with Crippen LogP contribution in [0.4, 0.5) is 10.5 Å². The van der Waals surface area contributed by atoms with Crippen LogP contribution < -0.4 is 10.6 Å². The summed E-state index contributed by atoms with van der Waals surface area (Å²) >= 11 is 0. The minimum Gasteiger partial charge on any atom is -0.444 e. The summed E-state index contributed by atoms with van der Waals surface area (Å²) in [7, 11) is 0. The van der Waals surface area contributed by atoms with Crippen LogP contribution in [0, 0.1) is 12.3 Å². The van der Waals surface area contributed by atoms with Crippen molar-refractivity contribution >= 4 is 34.4 Å². The number of ether oxygens (including phenoxy) is 1. The van der Waals surface area contributed by atoms with Crippen LogP contribution in [0.5, 0.6) is 0 Å². The Hall–Kier alpha value is -4.31. The van der Waals surface area contributed by atoms with Gasteiger partial charge in [-0.05, 0) is 76.1 Å². The van der Waals surface area contributed by atoms with E-state index in [9.17, 15) is 14.4 Å². The first-order chi connectivity index (χ1) is 17.9. The molecule has 0 aliphatic heterocycles. The number of hydrogen-bond donors (Lipinski definition) is 2. The van der Waals surface area contributed by atoms with E-state index in [0.29, 0.717) is 16.8 Å². The molecular weight excluding hydrogens is 478 g/mol. The number of carbonyl (C=O) groups is 3. The minimum absolute atomic E-state index is 0.399. The van der Waals surface area contributed by atoms with E-state index >= 15 is 0 Å². The summed E-state index contributed by atoms with van der Waals surface area (Å²) in [6.07, 6.45) is 5.06. The Morgan fingerprint density at radius 3 is 2.18 bits per heavy atom. The Labute approximate surface area is 224 Å². The third kappa shape index (κ3) is 6.92. The van der Waals surface area contributed by atoms with Gasteiger partial charge in [-0.1, -0.05) is 54.5 Å². The molecule has 0 spiro atoms. The predicted octanol–water partition coefficient (Wildman–Crippen LogP) is 5.65.